The van der Waals surface area contributed by atoms with Gasteiger partial charge in [-0.3, -0.25) is 0 Å². The molecule has 55 heavy (non-hydrogen) atoms. The fourth-order valence-corrected chi connectivity index (χ4v) is 9.88. The number of fused-ring (bicyclic) bond motifs is 8. The summed E-state index contributed by atoms with van der Waals surface area (Å²) in [4.78, 5) is 2.47. The van der Waals surface area contributed by atoms with Crippen molar-refractivity contribution in [1.82, 2.24) is 4.57 Å². The zero-order chi connectivity index (χ0) is 36.3. The Bertz CT molecular complexity index is 3130. The van der Waals surface area contributed by atoms with Crippen LogP contribution in [0, 0.1) is 0 Å². The molecule has 0 spiro atoms. The second-order valence-corrected chi connectivity index (χ2v) is 15.5. The lowest BCUT2D eigenvalue weighted by molar-refractivity contribution is 0.921. The molecular weight excluding hydrogens is 685 g/mol. The highest BCUT2D eigenvalue weighted by Crippen LogP contribution is 2.43. The van der Waals surface area contributed by atoms with E-state index in [1.165, 1.54) is 80.7 Å². The SMILES string of the molecule is C1=C(c2cccc3sc4ccccc4c23)C=C(N(c2ccc(-c3ccccc3)cc2)c2ccc(-n3c4ccccc4c4c5ccccc5ccc43)cc2)CC1. The summed E-state index contributed by atoms with van der Waals surface area (Å²) in [5, 5.41) is 7.82. The Kier molecular flexibility index (Phi) is 7.53. The van der Waals surface area contributed by atoms with Crippen LogP contribution in [0.5, 0.6) is 0 Å². The number of nitrogens with zero attached hydrogens (tertiary/aromatic N) is 2. The number of para-hydroxylation sites is 1. The fourth-order valence-electron chi connectivity index (χ4n) is 8.75. The largest absolute Gasteiger partial charge is 0.314 e. The van der Waals surface area contributed by atoms with E-state index >= 15 is 0 Å². The molecule has 260 valence electrons. The Hall–Kier alpha value is -6.68. The van der Waals surface area contributed by atoms with Gasteiger partial charge in [0.15, 0.2) is 0 Å². The van der Waals surface area contributed by atoms with E-state index in [1.54, 1.807) is 0 Å². The highest BCUT2D eigenvalue weighted by molar-refractivity contribution is 7.25. The summed E-state index contributed by atoms with van der Waals surface area (Å²) in [6, 6.07) is 66.6. The van der Waals surface area contributed by atoms with Gasteiger partial charge in [-0.15, -0.1) is 11.3 Å². The van der Waals surface area contributed by atoms with Crippen molar-refractivity contribution in [3.8, 4) is 16.8 Å². The summed E-state index contributed by atoms with van der Waals surface area (Å²) in [5.74, 6) is 0. The number of rotatable bonds is 6. The minimum atomic E-state index is 0.950. The van der Waals surface area contributed by atoms with Crippen LogP contribution in [-0.4, -0.2) is 4.57 Å². The van der Waals surface area contributed by atoms with E-state index in [9.17, 15) is 0 Å². The summed E-state index contributed by atoms with van der Waals surface area (Å²) in [5.41, 5.74) is 12.2. The van der Waals surface area contributed by atoms with E-state index in [2.05, 4.69) is 204 Å². The minimum Gasteiger partial charge on any atom is -0.314 e. The average molecular weight is 721 g/mol. The number of hydrogen-bond acceptors (Lipinski definition) is 2. The van der Waals surface area contributed by atoms with Crippen molar-refractivity contribution in [1.29, 1.82) is 0 Å². The Morgan fingerprint density at radius 2 is 1.15 bits per heavy atom. The predicted octanol–water partition coefficient (Wildman–Crippen LogP) is 14.9. The predicted molar refractivity (Wildman–Crippen MR) is 237 cm³/mol. The number of thiophene rings is 1. The van der Waals surface area contributed by atoms with Crippen LogP contribution in [0.4, 0.5) is 11.4 Å². The molecule has 0 saturated carbocycles. The van der Waals surface area contributed by atoms with Crippen LogP contribution in [0.25, 0.3) is 75.1 Å². The topological polar surface area (TPSA) is 8.17 Å². The van der Waals surface area contributed by atoms with Gasteiger partial charge in [-0.25, -0.2) is 0 Å². The molecule has 0 atom stereocenters. The third-order valence-corrected chi connectivity index (χ3v) is 12.4. The molecule has 0 aliphatic heterocycles. The van der Waals surface area contributed by atoms with Crippen molar-refractivity contribution in [2.45, 2.75) is 12.8 Å². The molecule has 10 aromatic rings. The molecule has 8 aromatic carbocycles. The van der Waals surface area contributed by atoms with Gasteiger partial charge in [0.25, 0.3) is 0 Å². The molecule has 2 nitrogen and oxygen atoms in total. The minimum absolute atomic E-state index is 0.950. The van der Waals surface area contributed by atoms with Gasteiger partial charge >= 0.3 is 0 Å². The van der Waals surface area contributed by atoms with Crippen molar-refractivity contribution in [3.63, 3.8) is 0 Å². The van der Waals surface area contributed by atoms with Crippen molar-refractivity contribution in [2.24, 2.45) is 0 Å². The van der Waals surface area contributed by atoms with E-state index in [1.807, 2.05) is 11.3 Å². The Morgan fingerprint density at radius 3 is 1.98 bits per heavy atom. The van der Waals surface area contributed by atoms with Crippen LogP contribution in [0.1, 0.15) is 18.4 Å². The number of allylic oxidation sites excluding steroid dienone is 4. The summed E-state index contributed by atoms with van der Waals surface area (Å²) in [7, 11) is 0. The zero-order valence-corrected chi connectivity index (χ0v) is 31.0. The van der Waals surface area contributed by atoms with Crippen LogP contribution < -0.4 is 4.90 Å². The molecule has 0 bridgehead atoms. The molecular formula is C52H36N2S. The third kappa shape index (κ3) is 5.31. The maximum Gasteiger partial charge on any atom is 0.0547 e. The van der Waals surface area contributed by atoms with E-state index in [0.717, 1.165) is 29.9 Å². The first kappa shape index (κ1) is 31.8. The van der Waals surface area contributed by atoms with Crippen LogP contribution in [0.2, 0.25) is 0 Å². The number of benzene rings is 8. The zero-order valence-electron chi connectivity index (χ0n) is 30.2. The van der Waals surface area contributed by atoms with Crippen molar-refractivity contribution in [3.05, 3.63) is 205 Å². The quantitative estimate of drug-likeness (QED) is 0.166. The molecule has 0 radical (unpaired) electrons. The molecule has 11 rings (SSSR count). The van der Waals surface area contributed by atoms with E-state index in [0.29, 0.717) is 0 Å². The molecule has 1 aliphatic carbocycles. The summed E-state index contributed by atoms with van der Waals surface area (Å²) >= 11 is 1.88. The van der Waals surface area contributed by atoms with Crippen molar-refractivity contribution in [2.75, 3.05) is 4.90 Å². The van der Waals surface area contributed by atoms with Gasteiger partial charge in [0, 0.05) is 53.7 Å². The number of aromatic nitrogens is 1. The van der Waals surface area contributed by atoms with Crippen LogP contribution in [-0.2, 0) is 0 Å². The van der Waals surface area contributed by atoms with Crippen molar-refractivity contribution < 1.29 is 0 Å². The maximum atomic E-state index is 2.47. The van der Waals surface area contributed by atoms with Crippen LogP contribution in [0.15, 0.2) is 200 Å². The van der Waals surface area contributed by atoms with Gasteiger partial charge in [0.1, 0.15) is 0 Å². The second-order valence-electron chi connectivity index (χ2n) is 14.4. The van der Waals surface area contributed by atoms with E-state index < -0.39 is 0 Å². The van der Waals surface area contributed by atoms with Crippen LogP contribution in [0.3, 0.4) is 0 Å². The van der Waals surface area contributed by atoms with Gasteiger partial charge < -0.3 is 9.47 Å². The lowest BCUT2D eigenvalue weighted by Gasteiger charge is -2.30. The normalized spacial score (nSPS) is 13.2. The molecule has 2 heterocycles. The maximum absolute atomic E-state index is 2.47. The molecule has 1 aliphatic rings. The van der Waals surface area contributed by atoms with Gasteiger partial charge in [-0.1, -0.05) is 127 Å². The third-order valence-electron chi connectivity index (χ3n) is 11.2. The average Bonchev–Trinajstić information content (AvgIpc) is 3.81. The second kappa shape index (κ2) is 13.0. The first-order valence-electron chi connectivity index (χ1n) is 19.1. The Labute approximate surface area is 324 Å². The van der Waals surface area contributed by atoms with E-state index in [-0.39, 0.29) is 0 Å². The number of hydrogen-bond donors (Lipinski definition) is 0. The first-order valence-corrected chi connectivity index (χ1v) is 19.9. The Morgan fingerprint density at radius 1 is 0.473 bits per heavy atom. The smallest absolute Gasteiger partial charge is 0.0547 e. The molecule has 0 N–H and O–H groups in total. The monoisotopic (exact) mass is 720 g/mol. The summed E-state index contributed by atoms with van der Waals surface area (Å²) in [6.07, 6.45) is 6.79. The molecule has 0 saturated heterocycles. The van der Waals surface area contributed by atoms with Gasteiger partial charge in [0.2, 0.25) is 0 Å². The lowest BCUT2D eigenvalue weighted by atomic mass is 9.93. The molecule has 0 unspecified atom stereocenters. The van der Waals surface area contributed by atoms with Gasteiger partial charge in [0.05, 0.1) is 11.0 Å². The first-order chi connectivity index (χ1) is 27.3. The highest BCUT2D eigenvalue weighted by Gasteiger charge is 2.21. The molecule has 0 amide bonds. The Balaban J connectivity index is 1.05. The van der Waals surface area contributed by atoms with E-state index in [4.69, 9.17) is 0 Å². The lowest BCUT2D eigenvalue weighted by Crippen LogP contribution is -2.18. The fraction of sp³-hybridized carbons (Fsp3) is 0.0385. The molecule has 3 heteroatoms. The molecule has 2 aromatic heterocycles. The van der Waals surface area contributed by atoms with Crippen LogP contribution >= 0.6 is 11.3 Å². The summed E-state index contributed by atoms with van der Waals surface area (Å²) < 4.78 is 5.09. The standard InChI is InChI=1S/C52H36N2S/c1-2-12-35(13-3-1)36-24-27-39(28-25-36)53(42-16-10-15-38(34-42)44-20-11-23-50-52(44)46-19-7-9-22-49(46)55-50)40-29-31-41(32-30-40)54-47-21-8-6-18-45(47)51-43-17-5-4-14-37(43)26-33-48(51)54/h1-9,11-15,17-34H,10,16H2. The summed E-state index contributed by atoms with van der Waals surface area (Å²) in [6.45, 7) is 0. The molecule has 0 fully saturated rings. The van der Waals surface area contributed by atoms with Gasteiger partial charge in [-0.05, 0) is 113 Å². The highest BCUT2D eigenvalue weighted by atomic mass is 32.1. The van der Waals surface area contributed by atoms with Crippen molar-refractivity contribution >= 4 is 81.0 Å². The number of anilines is 2. The van der Waals surface area contributed by atoms with Gasteiger partial charge in [-0.2, -0.15) is 0 Å².